The summed E-state index contributed by atoms with van der Waals surface area (Å²) in [6.07, 6.45) is 5.01. The third-order valence-corrected chi connectivity index (χ3v) is 2.40. The monoisotopic (exact) mass is 254 g/mol. The summed E-state index contributed by atoms with van der Waals surface area (Å²) in [6.45, 7) is 1.73. The molecule has 0 fully saturated rings. The Morgan fingerprint density at radius 1 is 1.65 bits per heavy atom. The fourth-order valence-corrected chi connectivity index (χ4v) is 1.43. The molecule has 0 heterocycles. The van der Waals surface area contributed by atoms with Crippen LogP contribution in [0.2, 0.25) is 5.02 Å². The summed E-state index contributed by atoms with van der Waals surface area (Å²) < 4.78 is 13.4. The fraction of sp³-hybridized carbons (Fsp3) is 0.250. The smallest absolute Gasteiger partial charge is 0.242 e. The molecule has 1 aromatic carbocycles. The number of rotatable bonds is 4. The van der Waals surface area contributed by atoms with E-state index in [4.69, 9.17) is 18.0 Å². The van der Waals surface area contributed by atoms with Crippen LogP contribution in [0, 0.1) is 18.2 Å². The highest BCUT2D eigenvalue weighted by atomic mass is 35.5. The maximum absolute atomic E-state index is 13.4. The summed E-state index contributed by atoms with van der Waals surface area (Å²) >= 11 is 5.82. The number of benzene rings is 1. The molecule has 0 aromatic heterocycles. The van der Waals surface area contributed by atoms with Crippen molar-refractivity contribution in [1.29, 1.82) is 0 Å². The van der Waals surface area contributed by atoms with E-state index in [9.17, 15) is 9.18 Å². The number of nitrogens with one attached hydrogen (secondary N) is 2. The van der Waals surface area contributed by atoms with Crippen LogP contribution in [0.5, 0.6) is 0 Å². The quantitative estimate of drug-likeness (QED) is 0.808. The molecule has 0 aliphatic rings. The van der Waals surface area contributed by atoms with Gasteiger partial charge in [0.1, 0.15) is 11.9 Å². The molecule has 0 radical (unpaired) electrons. The summed E-state index contributed by atoms with van der Waals surface area (Å²) in [5.74, 6) is 1.46. The first kappa shape index (κ1) is 13.3. The molecule has 1 amide bonds. The predicted octanol–water partition coefficient (Wildman–Crippen LogP) is 2.03. The third kappa shape index (κ3) is 3.65. The van der Waals surface area contributed by atoms with Gasteiger partial charge in [-0.1, -0.05) is 23.6 Å². The first-order valence-corrected chi connectivity index (χ1v) is 5.35. The van der Waals surface area contributed by atoms with Crippen molar-refractivity contribution >= 4 is 23.2 Å². The molecular formula is C12H12ClFN2O. The van der Waals surface area contributed by atoms with Gasteiger partial charge in [-0.3, -0.25) is 4.79 Å². The van der Waals surface area contributed by atoms with E-state index >= 15 is 0 Å². The summed E-state index contributed by atoms with van der Waals surface area (Å²) in [5, 5.41) is 5.41. The molecule has 0 aliphatic carbocycles. The Balaban J connectivity index is 2.71. The molecule has 0 bridgehead atoms. The number of amides is 1. The van der Waals surface area contributed by atoms with Gasteiger partial charge in [0.25, 0.3) is 0 Å². The van der Waals surface area contributed by atoms with Crippen LogP contribution in [0.4, 0.5) is 10.1 Å². The Hall–Kier alpha value is -1.73. The largest absolute Gasteiger partial charge is 0.370 e. The van der Waals surface area contributed by atoms with Crippen molar-refractivity contribution in [2.24, 2.45) is 0 Å². The van der Waals surface area contributed by atoms with Crippen molar-refractivity contribution in [3.05, 3.63) is 29.0 Å². The lowest BCUT2D eigenvalue weighted by molar-refractivity contribution is -0.121. The number of carbonyl (C=O) groups excluding carboxylic acids is 1. The minimum absolute atomic E-state index is 0.109. The highest BCUT2D eigenvalue weighted by Gasteiger charge is 2.15. The Bertz CT molecular complexity index is 436. The summed E-state index contributed by atoms with van der Waals surface area (Å²) in [5.41, 5.74) is 0.109. The van der Waals surface area contributed by atoms with E-state index in [1.54, 1.807) is 13.0 Å². The van der Waals surface area contributed by atoms with Crippen molar-refractivity contribution in [2.75, 3.05) is 11.9 Å². The summed E-state index contributed by atoms with van der Waals surface area (Å²) in [4.78, 5) is 11.5. The molecule has 1 aromatic rings. The minimum Gasteiger partial charge on any atom is -0.370 e. The van der Waals surface area contributed by atoms with Crippen LogP contribution in [0.25, 0.3) is 0 Å². The molecule has 2 N–H and O–H groups in total. The van der Waals surface area contributed by atoms with Crippen molar-refractivity contribution in [1.82, 2.24) is 5.32 Å². The number of para-hydroxylation sites is 1. The lowest BCUT2D eigenvalue weighted by atomic mass is 10.2. The van der Waals surface area contributed by atoms with Crippen LogP contribution in [0.15, 0.2) is 18.2 Å². The molecule has 0 saturated heterocycles. The van der Waals surface area contributed by atoms with Crippen molar-refractivity contribution < 1.29 is 9.18 Å². The zero-order valence-electron chi connectivity index (χ0n) is 9.26. The Kier molecular flexibility index (Phi) is 4.80. The van der Waals surface area contributed by atoms with Gasteiger partial charge in [-0.25, -0.2) is 4.39 Å². The number of halogens is 2. The van der Waals surface area contributed by atoms with Crippen molar-refractivity contribution in [3.8, 4) is 12.3 Å². The number of carbonyl (C=O) groups is 1. The van der Waals surface area contributed by atoms with Crippen LogP contribution in [0.3, 0.4) is 0 Å². The second kappa shape index (κ2) is 6.12. The van der Waals surface area contributed by atoms with Gasteiger partial charge in [-0.2, -0.15) is 0 Å². The molecular weight excluding hydrogens is 243 g/mol. The van der Waals surface area contributed by atoms with Gasteiger partial charge >= 0.3 is 0 Å². The number of anilines is 1. The predicted molar refractivity (Wildman–Crippen MR) is 66.3 cm³/mol. The second-order valence-electron chi connectivity index (χ2n) is 3.38. The fourth-order valence-electron chi connectivity index (χ4n) is 1.21. The van der Waals surface area contributed by atoms with E-state index in [-0.39, 0.29) is 23.2 Å². The molecule has 1 atom stereocenters. The summed E-state index contributed by atoms with van der Waals surface area (Å²) in [7, 11) is 0. The topological polar surface area (TPSA) is 41.1 Å². The van der Waals surface area contributed by atoms with Crippen LogP contribution < -0.4 is 10.6 Å². The van der Waals surface area contributed by atoms with Crippen LogP contribution in [-0.2, 0) is 4.79 Å². The van der Waals surface area contributed by atoms with E-state index in [1.165, 1.54) is 12.1 Å². The molecule has 3 nitrogen and oxygen atoms in total. The molecule has 90 valence electrons. The van der Waals surface area contributed by atoms with Gasteiger partial charge < -0.3 is 10.6 Å². The number of terminal acetylenes is 1. The molecule has 5 heteroatoms. The van der Waals surface area contributed by atoms with Crippen LogP contribution in [0.1, 0.15) is 6.92 Å². The molecule has 1 unspecified atom stereocenters. The van der Waals surface area contributed by atoms with E-state index in [0.29, 0.717) is 0 Å². The van der Waals surface area contributed by atoms with Crippen LogP contribution >= 0.6 is 11.6 Å². The van der Waals surface area contributed by atoms with E-state index in [1.807, 2.05) is 0 Å². The third-order valence-electron chi connectivity index (χ3n) is 2.08. The Morgan fingerprint density at radius 2 is 2.35 bits per heavy atom. The maximum atomic E-state index is 13.4. The number of hydrogen-bond acceptors (Lipinski definition) is 2. The zero-order chi connectivity index (χ0) is 12.8. The lowest BCUT2D eigenvalue weighted by Crippen LogP contribution is -2.37. The summed E-state index contributed by atoms with van der Waals surface area (Å²) in [6, 6.07) is 3.67. The highest BCUT2D eigenvalue weighted by molar-refractivity contribution is 6.33. The van der Waals surface area contributed by atoms with Gasteiger partial charge in [0.05, 0.1) is 17.3 Å². The zero-order valence-corrected chi connectivity index (χ0v) is 10.0. The Morgan fingerprint density at radius 3 is 2.94 bits per heavy atom. The minimum atomic E-state index is -0.627. The first-order valence-electron chi connectivity index (χ1n) is 4.98. The standard InChI is InChI=1S/C12H12ClFN2O/c1-3-7-15-12(17)8(2)16-11-9(13)5-4-6-10(11)14/h1,4-6,8,16H,7H2,2H3,(H,15,17). The first-order chi connectivity index (χ1) is 8.06. The second-order valence-corrected chi connectivity index (χ2v) is 3.79. The van der Waals surface area contributed by atoms with Gasteiger partial charge in [-0.05, 0) is 19.1 Å². The van der Waals surface area contributed by atoms with E-state index in [0.717, 1.165) is 0 Å². The SMILES string of the molecule is C#CCNC(=O)C(C)Nc1c(F)cccc1Cl. The lowest BCUT2D eigenvalue weighted by Gasteiger charge is -2.15. The van der Waals surface area contributed by atoms with Gasteiger partial charge in [0, 0.05) is 0 Å². The molecule has 17 heavy (non-hydrogen) atoms. The van der Waals surface area contributed by atoms with E-state index in [2.05, 4.69) is 16.6 Å². The molecule has 0 saturated carbocycles. The Labute approximate surface area is 104 Å². The van der Waals surface area contributed by atoms with Crippen LogP contribution in [-0.4, -0.2) is 18.5 Å². The molecule has 1 rings (SSSR count). The van der Waals surface area contributed by atoms with Gasteiger partial charge in [0.15, 0.2) is 0 Å². The number of hydrogen-bond donors (Lipinski definition) is 2. The maximum Gasteiger partial charge on any atom is 0.242 e. The average molecular weight is 255 g/mol. The molecule has 0 aliphatic heterocycles. The van der Waals surface area contributed by atoms with Crippen molar-refractivity contribution in [2.45, 2.75) is 13.0 Å². The molecule has 0 spiro atoms. The van der Waals surface area contributed by atoms with Gasteiger partial charge in [-0.15, -0.1) is 6.42 Å². The van der Waals surface area contributed by atoms with Gasteiger partial charge in [0.2, 0.25) is 5.91 Å². The van der Waals surface area contributed by atoms with Crippen molar-refractivity contribution in [3.63, 3.8) is 0 Å². The average Bonchev–Trinajstić information content (AvgIpc) is 2.30. The van der Waals surface area contributed by atoms with E-state index < -0.39 is 11.9 Å². The normalized spacial score (nSPS) is 11.4. The highest BCUT2D eigenvalue weighted by Crippen LogP contribution is 2.25.